The van der Waals surface area contributed by atoms with Gasteiger partial charge in [0.1, 0.15) is 5.82 Å². The van der Waals surface area contributed by atoms with Crippen LogP contribution in [0.15, 0.2) is 36.4 Å². The van der Waals surface area contributed by atoms with E-state index in [0.717, 1.165) is 11.0 Å². The van der Waals surface area contributed by atoms with Crippen molar-refractivity contribution >= 4 is 17.5 Å². The molecule has 0 aromatic heterocycles. The summed E-state index contributed by atoms with van der Waals surface area (Å²) in [6, 6.07) is 7.58. The van der Waals surface area contributed by atoms with Crippen LogP contribution in [0.4, 0.5) is 23.2 Å². The number of rotatable bonds is 4. The van der Waals surface area contributed by atoms with Crippen LogP contribution in [0.25, 0.3) is 0 Å². The predicted molar refractivity (Wildman–Crippen MR) is 85.0 cm³/mol. The van der Waals surface area contributed by atoms with E-state index in [9.17, 15) is 27.2 Å². The number of hydrogen-bond acceptors (Lipinski definition) is 2. The summed E-state index contributed by atoms with van der Waals surface area (Å²) in [5.74, 6) is -6.89. The van der Waals surface area contributed by atoms with E-state index in [1.807, 2.05) is 0 Å². The van der Waals surface area contributed by atoms with E-state index in [-0.39, 0.29) is 25.1 Å². The fourth-order valence-corrected chi connectivity index (χ4v) is 2.81. The molecule has 8 heteroatoms. The van der Waals surface area contributed by atoms with Crippen LogP contribution in [0.3, 0.4) is 0 Å². The van der Waals surface area contributed by atoms with Crippen molar-refractivity contribution in [3.8, 4) is 0 Å². The summed E-state index contributed by atoms with van der Waals surface area (Å²) < 4.78 is 53.8. The van der Waals surface area contributed by atoms with E-state index < -0.39 is 46.7 Å². The number of anilines is 1. The lowest BCUT2D eigenvalue weighted by Gasteiger charge is -2.18. The standard InChI is InChI=1S/C18H14F4N2O2/c19-12-4-2-1-3-10(12)8-23-18(26)11-7-15(25)24(9-11)14-6-5-13(20)16(21)17(14)22/h1-6,11H,7-9H2,(H,23,26). The summed E-state index contributed by atoms with van der Waals surface area (Å²) in [7, 11) is 0. The summed E-state index contributed by atoms with van der Waals surface area (Å²) in [5.41, 5.74) is -0.132. The number of halogens is 4. The molecule has 1 N–H and O–H groups in total. The van der Waals surface area contributed by atoms with E-state index in [1.165, 1.54) is 18.2 Å². The third kappa shape index (κ3) is 3.40. The van der Waals surface area contributed by atoms with Crippen LogP contribution < -0.4 is 10.2 Å². The fraction of sp³-hybridized carbons (Fsp3) is 0.222. The van der Waals surface area contributed by atoms with Crippen LogP contribution in [0.2, 0.25) is 0 Å². The Morgan fingerprint density at radius 3 is 2.50 bits per heavy atom. The number of nitrogens with one attached hydrogen (secondary N) is 1. The van der Waals surface area contributed by atoms with E-state index in [1.54, 1.807) is 6.07 Å². The Hall–Kier alpha value is -2.90. The molecule has 0 saturated carbocycles. The van der Waals surface area contributed by atoms with Crippen LogP contribution in [0.1, 0.15) is 12.0 Å². The summed E-state index contributed by atoms with van der Waals surface area (Å²) in [6.45, 7) is -0.236. The topological polar surface area (TPSA) is 49.4 Å². The van der Waals surface area contributed by atoms with Gasteiger partial charge in [-0.15, -0.1) is 0 Å². The number of nitrogens with zero attached hydrogens (tertiary/aromatic N) is 1. The van der Waals surface area contributed by atoms with Gasteiger partial charge in [-0.2, -0.15) is 0 Å². The first-order valence-corrected chi connectivity index (χ1v) is 7.83. The molecule has 1 aliphatic heterocycles. The first-order chi connectivity index (χ1) is 12.4. The Kier molecular flexibility index (Phi) is 4.92. The van der Waals surface area contributed by atoms with Gasteiger partial charge in [0, 0.05) is 25.1 Å². The summed E-state index contributed by atoms with van der Waals surface area (Å²) in [5, 5.41) is 2.52. The zero-order chi connectivity index (χ0) is 18.8. The van der Waals surface area contributed by atoms with Crippen LogP contribution >= 0.6 is 0 Å². The van der Waals surface area contributed by atoms with Crippen molar-refractivity contribution in [3.05, 3.63) is 65.2 Å². The summed E-state index contributed by atoms with van der Waals surface area (Å²) in [6.07, 6.45) is -0.207. The summed E-state index contributed by atoms with van der Waals surface area (Å²) in [4.78, 5) is 25.2. The maximum absolute atomic E-state index is 13.9. The molecule has 136 valence electrons. The SMILES string of the molecule is O=C(NCc1ccccc1F)C1CC(=O)N(c2ccc(F)c(F)c2F)C1. The smallest absolute Gasteiger partial charge is 0.227 e. The minimum atomic E-state index is -1.68. The van der Waals surface area contributed by atoms with E-state index in [4.69, 9.17) is 0 Å². The van der Waals surface area contributed by atoms with Gasteiger partial charge in [-0.25, -0.2) is 17.6 Å². The monoisotopic (exact) mass is 366 g/mol. The molecule has 0 radical (unpaired) electrons. The number of carbonyl (C=O) groups excluding carboxylic acids is 2. The Labute approximate surface area is 146 Å². The molecule has 4 nitrogen and oxygen atoms in total. The zero-order valence-electron chi connectivity index (χ0n) is 13.4. The molecule has 1 heterocycles. The molecule has 1 aliphatic rings. The maximum atomic E-state index is 13.9. The van der Waals surface area contributed by atoms with Crippen LogP contribution in [-0.4, -0.2) is 18.4 Å². The first kappa shape index (κ1) is 17.9. The number of carbonyl (C=O) groups is 2. The molecule has 1 fully saturated rings. The molecule has 0 spiro atoms. The Bertz CT molecular complexity index is 872. The van der Waals surface area contributed by atoms with Gasteiger partial charge in [0.05, 0.1) is 11.6 Å². The van der Waals surface area contributed by atoms with Crippen LogP contribution in [0, 0.1) is 29.2 Å². The van der Waals surface area contributed by atoms with Gasteiger partial charge in [0.2, 0.25) is 11.8 Å². The lowest BCUT2D eigenvalue weighted by Crippen LogP contribution is -2.33. The van der Waals surface area contributed by atoms with Gasteiger partial charge < -0.3 is 10.2 Å². The van der Waals surface area contributed by atoms with Crippen molar-refractivity contribution in [2.24, 2.45) is 5.92 Å². The molecule has 2 aromatic carbocycles. The highest BCUT2D eigenvalue weighted by molar-refractivity contribution is 6.00. The highest BCUT2D eigenvalue weighted by atomic mass is 19.2. The van der Waals surface area contributed by atoms with Crippen molar-refractivity contribution in [2.75, 3.05) is 11.4 Å². The highest BCUT2D eigenvalue weighted by Crippen LogP contribution is 2.29. The van der Waals surface area contributed by atoms with Crippen LogP contribution in [-0.2, 0) is 16.1 Å². The van der Waals surface area contributed by atoms with Crippen molar-refractivity contribution < 1.29 is 27.2 Å². The minimum absolute atomic E-state index is 0.0598. The predicted octanol–water partition coefficient (Wildman–Crippen LogP) is 2.91. The molecule has 0 bridgehead atoms. The molecule has 2 amide bonds. The normalized spacial score (nSPS) is 16.8. The van der Waals surface area contributed by atoms with Crippen molar-refractivity contribution in [3.63, 3.8) is 0 Å². The maximum Gasteiger partial charge on any atom is 0.227 e. The summed E-state index contributed by atoms with van der Waals surface area (Å²) >= 11 is 0. The Morgan fingerprint density at radius 2 is 1.77 bits per heavy atom. The molecule has 3 rings (SSSR count). The van der Waals surface area contributed by atoms with Gasteiger partial charge in [-0.3, -0.25) is 9.59 Å². The van der Waals surface area contributed by atoms with Crippen molar-refractivity contribution in [2.45, 2.75) is 13.0 Å². The average Bonchev–Trinajstić information content (AvgIpc) is 3.00. The Balaban J connectivity index is 1.69. The second kappa shape index (κ2) is 7.15. The third-order valence-electron chi connectivity index (χ3n) is 4.21. The molecule has 1 unspecified atom stereocenters. The van der Waals surface area contributed by atoms with Gasteiger partial charge in [0.25, 0.3) is 0 Å². The molecular formula is C18H14F4N2O2. The number of benzene rings is 2. The molecule has 2 aromatic rings. The average molecular weight is 366 g/mol. The number of amides is 2. The van der Waals surface area contributed by atoms with Crippen molar-refractivity contribution in [1.29, 1.82) is 0 Å². The van der Waals surface area contributed by atoms with Gasteiger partial charge >= 0.3 is 0 Å². The second-order valence-corrected chi connectivity index (χ2v) is 5.91. The fourth-order valence-electron chi connectivity index (χ4n) is 2.81. The molecule has 0 aliphatic carbocycles. The highest BCUT2D eigenvalue weighted by Gasteiger charge is 2.36. The molecule has 1 atom stereocenters. The molecular weight excluding hydrogens is 352 g/mol. The quantitative estimate of drug-likeness (QED) is 0.668. The zero-order valence-corrected chi connectivity index (χ0v) is 13.4. The van der Waals surface area contributed by atoms with E-state index >= 15 is 0 Å². The lowest BCUT2D eigenvalue weighted by molar-refractivity contribution is -0.126. The van der Waals surface area contributed by atoms with Gasteiger partial charge in [-0.05, 0) is 18.2 Å². The third-order valence-corrected chi connectivity index (χ3v) is 4.21. The molecule has 26 heavy (non-hydrogen) atoms. The number of hydrogen-bond donors (Lipinski definition) is 1. The van der Waals surface area contributed by atoms with Gasteiger partial charge in [0.15, 0.2) is 17.5 Å². The lowest BCUT2D eigenvalue weighted by atomic mass is 10.1. The second-order valence-electron chi connectivity index (χ2n) is 5.91. The van der Waals surface area contributed by atoms with E-state index in [2.05, 4.69) is 5.32 Å². The van der Waals surface area contributed by atoms with Crippen molar-refractivity contribution in [1.82, 2.24) is 5.32 Å². The Morgan fingerprint density at radius 1 is 1.04 bits per heavy atom. The first-order valence-electron chi connectivity index (χ1n) is 7.83. The van der Waals surface area contributed by atoms with E-state index in [0.29, 0.717) is 6.07 Å². The molecule has 1 saturated heterocycles. The largest absolute Gasteiger partial charge is 0.352 e. The van der Waals surface area contributed by atoms with Crippen LogP contribution in [0.5, 0.6) is 0 Å². The van der Waals surface area contributed by atoms with Gasteiger partial charge in [-0.1, -0.05) is 18.2 Å². The minimum Gasteiger partial charge on any atom is -0.352 e.